The first kappa shape index (κ1) is 20.0. The molecule has 2 aromatic carbocycles. The van der Waals surface area contributed by atoms with Gasteiger partial charge in [-0.3, -0.25) is 9.69 Å². The number of benzene rings is 2. The van der Waals surface area contributed by atoms with Crippen molar-refractivity contribution in [2.75, 3.05) is 10.7 Å². The normalized spacial score (nSPS) is 12.9. The Kier molecular flexibility index (Phi) is 5.61. The molecule has 0 saturated carbocycles. The summed E-state index contributed by atoms with van der Waals surface area (Å²) in [5.41, 5.74) is 4.37. The molecule has 0 N–H and O–H groups in total. The maximum Gasteiger partial charge on any atom is 0.242 e. The Morgan fingerprint density at radius 1 is 0.968 bits per heavy atom. The molecule has 5 nitrogen and oxygen atoms in total. The van der Waals surface area contributed by atoms with E-state index in [1.807, 2.05) is 58.8 Å². The summed E-state index contributed by atoms with van der Waals surface area (Å²) in [6.07, 6.45) is 1.86. The minimum atomic E-state index is 0.0510. The molecule has 0 fully saturated rings. The van der Waals surface area contributed by atoms with Crippen molar-refractivity contribution >= 4 is 40.4 Å². The van der Waals surface area contributed by atoms with Crippen molar-refractivity contribution in [3.63, 3.8) is 0 Å². The highest BCUT2D eigenvalue weighted by molar-refractivity contribution is 7.99. The number of aromatic nitrogens is 3. The van der Waals surface area contributed by atoms with E-state index in [1.54, 1.807) is 11.3 Å². The molecule has 0 bridgehead atoms. The van der Waals surface area contributed by atoms with Gasteiger partial charge >= 0.3 is 0 Å². The zero-order chi connectivity index (χ0) is 21.2. The number of thioether (sulfide) groups is 1. The number of hydrogen-bond donors (Lipinski definition) is 0. The molecule has 31 heavy (non-hydrogen) atoms. The molecule has 0 saturated heterocycles. The van der Waals surface area contributed by atoms with E-state index >= 15 is 0 Å². The van der Waals surface area contributed by atoms with E-state index in [0.29, 0.717) is 5.75 Å². The van der Waals surface area contributed by atoms with Gasteiger partial charge in [-0.15, -0.1) is 21.5 Å². The molecule has 1 aliphatic heterocycles. The van der Waals surface area contributed by atoms with Crippen LogP contribution in [0.5, 0.6) is 0 Å². The summed E-state index contributed by atoms with van der Waals surface area (Å²) in [5.74, 6) is 1.21. The Morgan fingerprint density at radius 2 is 1.65 bits per heavy atom. The van der Waals surface area contributed by atoms with Crippen molar-refractivity contribution in [1.29, 1.82) is 0 Å². The van der Waals surface area contributed by atoms with Crippen molar-refractivity contribution in [2.45, 2.75) is 31.5 Å². The summed E-state index contributed by atoms with van der Waals surface area (Å²) in [6, 6.07) is 20.5. The smallest absolute Gasteiger partial charge is 0.242 e. The van der Waals surface area contributed by atoms with Crippen LogP contribution in [-0.4, -0.2) is 26.4 Å². The van der Waals surface area contributed by atoms with Gasteiger partial charge in [0.05, 0.1) is 22.0 Å². The maximum atomic E-state index is 13.5. The second kappa shape index (κ2) is 8.69. The molecule has 0 unspecified atom stereocenters. The number of rotatable bonds is 5. The molecular formula is C24H22N4OS2. The number of hydrogen-bond acceptors (Lipinski definition) is 5. The molecule has 2 aromatic heterocycles. The van der Waals surface area contributed by atoms with Crippen LogP contribution in [0.4, 0.5) is 11.4 Å². The Labute approximate surface area is 189 Å². The highest BCUT2D eigenvalue weighted by atomic mass is 32.2. The van der Waals surface area contributed by atoms with Gasteiger partial charge in [-0.1, -0.05) is 54.2 Å². The number of thiophene rings is 1. The minimum Gasteiger partial charge on any atom is -0.302 e. The lowest BCUT2D eigenvalue weighted by molar-refractivity contribution is -0.115. The average Bonchev–Trinajstić information content (AvgIpc) is 3.44. The molecule has 5 rings (SSSR count). The van der Waals surface area contributed by atoms with Gasteiger partial charge < -0.3 is 4.57 Å². The van der Waals surface area contributed by atoms with Crippen molar-refractivity contribution in [2.24, 2.45) is 0 Å². The number of carbonyl (C=O) groups is 1. The monoisotopic (exact) mass is 446 g/mol. The van der Waals surface area contributed by atoms with E-state index in [0.717, 1.165) is 46.6 Å². The van der Waals surface area contributed by atoms with Gasteiger partial charge in [0.15, 0.2) is 11.0 Å². The fraction of sp³-hybridized carbons (Fsp3) is 0.208. The summed E-state index contributed by atoms with van der Waals surface area (Å²) in [6.45, 7) is 2.83. The van der Waals surface area contributed by atoms with E-state index in [-0.39, 0.29) is 5.91 Å². The van der Waals surface area contributed by atoms with Crippen LogP contribution in [-0.2, 0) is 24.2 Å². The first-order valence-corrected chi connectivity index (χ1v) is 12.2. The summed E-state index contributed by atoms with van der Waals surface area (Å²) in [4.78, 5) is 16.5. The van der Waals surface area contributed by atoms with Gasteiger partial charge in [-0.25, -0.2) is 0 Å². The lowest BCUT2D eigenvalue weighted by atomic mass is 10.0. The number of anilines is 2. The van der Waals surface area contributed by atoms with Crippen molar-refractivity contribution in [3.05, 3.63) is 77.2 Å². The molecule has 0 aliphatic carbocycles. The second-order valence-corrected chi connectivity index (χ2v) is 9.19. The predicted molar refractivity (Wildman–Crippen MR) is 127 cm³/mol. The van der Waals surface area contributed by atoms with Gasteiger partial charge in [-0.2, -0.15) is 0 Å². The SMILES string of the molecule is CCn1c(SCC(=O)N2c3ccccc3CCc3ccccc32)nnc1-c1cccs1. The fourth-order valence-electron chi connectivity index (χ4n) is 4.01. The number of para-hydroxylation sites is 2. The van der Waals surface area contributed by atoms with Crippen molar-refractivity contribution in [1.82, 2.24) is 14.8 Å². The third-order valence-electron chi connectivity index (χ3n) is 5.48. The Morgan fingerprint density at radius 3 is 2.26 bits per heavy atom. The number of nitrogens with zero attached hydrogens (tertiary/aromatic N) is 4. The van der Waals surface area contributed by atoms with Crippen LogP contribution in [0.25, 0.3) is 10.7 Å². The number of carbonyl (C=O) groups excluding carboxylic acids is 1. The fourth-order valence-corrected chi connectivity index (χ4v) is 5.58. The Balaban J connectivity index is 1.44. The van der Waals surface area contributed by atoms with Crippen LogP contribution < -0.4 is 4.90 Å². The lowest BCUT2D eigenvalue weighted by Crippen LogP contribution is -2.28. The molecule has 1 amide bonds. The average molecular weight is 447 g/mol. The molecule has 0 atom stereocenters. The minimum absolute atomic E-state index is 0.0510. The summed E-state index contributed by atoms with van der Waals surface area (Å²) >= 11 is 3.10. The standard InChI is InChI=1S/C24H22N4OS2/c1-2-27-23(21-12-7-15-30-21)25-26-24(27)31-16-22(29)28-19-10-5-3-8-17(19)13-14-18-9-4-6-11-20(18)28/h3-12,15H,2,13-14,16H2,1H3. The molecular weight excluding hydrogens is 424 g/mol. The van der Waals surface area contributed by atoms with Crippen LogP contribution in [0, 0.1) is 0 Å². The first-order chi connectivity index (χ1) is 15.3. The maximum absolute atomic E-state index is 13.5. The van der Waals surface area contributed by atoms with Gasteiger partial charge in [0.1, 0.15) is 0 Å². The van der Waals surface area contributed by atoms with Gasteiger partial charge in [0.2, 0.25) is 5.91 Å². The van der Waals surface area contributed by atoms with E-state index in [2.05, 4.69) is 33.8 Å². The second-order valence-electron chi connectivity index (χ2n) is 7.30. The van der Waals surface area contributed by atoms with E-state index < -0.39 is 0 Å². The third kappa shape index (κ3) is 3.79. The topological polar surface area (TPSA) is 51.0 Å². The predicted octanol–water partition coefficient (Wildman–Crippen LogP) is 5.58. The number of amides is 1. The van der Waals surface area contributed by atoms with Crippen molar-refractivity contribution in [3.8, 4) is 10.7 Å². The zero-order valence-electron chi connectivity index (χ0n) is 17.2. The van der Waals surface area contributed by atoms with E-state index in [4.69, 9.17) is 0 Å². The van der Waals surface area contributed by atoms with Gasteiger partial charge in [-0.05, 0) is 54.5 Å². The zero-order valence-corrected chi connectivity index (χ0v) is 18.8. The molecule has 0 radical (unpaired) electrons. The lowest BCUT2D eigenvalue weighted by Gasteiger charge is -2.24. The van der Waals surface area contributed by atoms with Gasteiger partial charge in [0.25, 0.3) is 0 Å². The largest absolute Gasteiger partial charge is 0.302 e. The molecule has 7 heteroatoms. The summed E-state index contributed by atoms with van der Waals surface area (Å²) in [7, 11) is 0. The van der Waals surface area contributed by atoms with Crippen LogP contribution in [0.2, 0.25) is 0 Å². The molecule has 1 aliphatic rings. The highest BCUT2D eigenvalue weighted by Crippen LogP contribution is 2.37. The molecule has 4 aromatic rings. The van der Waals surface area contributed by atoms with Crippen LogP contribution in [0.1, 0.15) is 18.1 Å². The Bertz CT molecular complexity index is 1170. The number of fused-ring (bicyclic) bond motifs is 2. The first-order valence-electron chi connectivity index (χ1n) is 10.3. The van der Waals surface area contributed by atoms with Crippen molar-refractivity contribution < 1.29 is 4.79 Å². The van der Waals surface area contributed by atoms with E-state index in [9.17, 15) is 4.79 Å². The van der Waals surface area contributed by atoms with Crippen LogP contribution in [0.15, 0.2) is 71.2 Å². The summed E-state index contributed by atoms with van der Waals surface area (Å²) in [5, 5.41) is 11.6. The third-order valence-corrected chi connectivity index (χ3v) is 7.29. The highest BCUT2D eigenvalue weighted by Gasteiger charge is 2.26. The number of aryl methyl sites for hydroxylation is 2. The Hall–Kier alpha value is -2.90. The molecule has 0 spiro atoms. The quantitative estimate of drug-likeness (QED) is 0.376. The van der Waals surface area contributed by atoms with Gasteiger partial charge in [0, 0.05) is 6.54 Å². The van der Waals surface area contributed by atoms with Crippen LogP contribution >= 0.6 is 23.1 Å². The molecule has 3 heterocycles. The summed E-state index contributed by atoms with van der Waals surface area (Å²) < 4.78 is 2.08. The van der Waals surface area contributed by atoms with Crippen LogP contribution in [0.3, 0.4) is 0 Å². The molecule has 156 valence electrons. The van der Waals surface area contributed by atoms with E-state index in [1.165, 1.54) is 22.9 Å².